The van der Waals surface area contributed by atoms with Crippen LogP contribution in [-0.2, 0) is 16.4 Å². The Labute approximate surface area is 213 Å². The third kappa shape index (κ3) is 5.99. The molecule has 0 radical (unpaired) electrons. The predicted molar refractivity (Wildman–Crippen MR) is 137 cm³/mol. The second-order valence-corrected chi connectivity index (χ2v) is 10.8. The molecule has 35 heavy (non-hydrogen) atoms. The van der Waals surface area contributed by atoms with Gasteiger partial charge in [0.25, 0.3) is 10.0 Å². The molecule has 4 aromatic rings. The summed E-state index contributed by atoms with van der Waals surface area (Å²) >= 11 is 11.8. The summed E-state index contributed by atoms with van der Waals surface area (Å²) in [6.45, 7) is 4.79. The SMILES string of the molecule is CC(C)c1ccc(CCOc2ccc3cc(C(=O)NS(=O)(=O)c4ccc(Cl)cc4Cl)oc3c2)cc1. The first-order valence-electron chi connectivity index (χ1n) is 10.9. The Morgan fingerprint density at radius 3 is 2.43 bits per heavy atom. The predicted octanol–water partition coefficient (Wildman–Crippen LogP) is 6.60. The van der Waals surface area contributed by atoms with Crippen molar-refractivity contribution in [1.29, 1.82) is 0 Å². The Bertz CT molecular complexity index is 1480. The summed E-state index contributed by atoms with van der Waals surface area (Å²) in [5.74, 6) is -0.00333. The molecule has 1 N–H and O–H groups in total. The van der Waals surface area contributed by atoms with Crippen molar-refractivity contribution < 1.29 is 22.4 Å². The molecule has 0 saturated heterocycles. The molecule has 0 atom stereocenters. The van der Waals surface area contributed by atoms with Gasteiger partial charge >= 0.3 is 5.91 Å². The van der Waals surface area contributed by atoms with Gasteiger partial charge in [-0.2, -0.15) is 0 Å². The Morgan fingerprint density at radius 2 is 1.74 bits per heavy atom. The van der Waals surface area contributed by atoms with Crippen molar-refractivity contribution in [3.8, 4) is 5.75 Å². The molecule has 9 heteroatoms. The van der Waals surface area contributed by atoms with Crippen molar-refractivity contribution in [2.24, 2.45) is 0 Å². The van der Waals surface area contributed by atoms with Crippen LogP contribution in [0.25, 0.3) is 11.0 Å². The second-order valence-electron chi connectivity index (χ2n) is 8.31. The summed E-state index contributed by atoms with van der Waals surface area (Å²) in [7, 11) is -4.22. The van der Waals surface area contributed by atoms with E-state index in [0.29, 0.717) is 29.2 Å². The maximum atomic E-state index is 12.6. The van der Waals surface area contributed by atoms with Crippen molar-refractivity contribution in [3.05, 3.63) is 93.7 Å². The summed E-state index contributed by atoms with van der Waals surface area (Å²) in [5.41, 5.74) is 2.87. The molecule has 6 nitrogen and oxygen atoms in total. The lowest BCUT2D eigenvalue weighted by Gasteiger charge is -2.08. The van der Waals surface area contributed by atoms with Crippen molar-refractivity contribution in [2.75, 3.05) is 6.61 Å². The fourth-order valence-electron chi connectivity index (χ4n) is 3.49. The molecule has 0 aliphatic heterocycles. The molecule has 0 aliphatic rings. The topological polar surface area (TPSA) is 85.6 Å². The van der Waals surface area contributed by atoms with Gasteiger partial charge in [-0.1, -0.05) is 61.3 Å². The molecule has 0 saturated carbocycles. The molecule has 3 aromatic carbocycles. The zero-order valence-corrected chi connectivity index (χ0v) is 21.4. The van der Waals surface area contributed by atoms with Crippen LogP contribution >= 0.6 is 23.2 Å². The number of ether oxygens (including phenoxy) is 1. The normalized spacial score (nSPS) is 11.7. The van der Waals surface area contributed by atoms with Gasteiger partial charge in [0.2, 0.25) is 0 Å². The lowest BCUT2D eigenvalue weighted by molar-refractivity contribution is 0.0956. The van der Waals surface area contributed by atoms with Gasteiger partial charge in [-0.25, -0.2) is 13.1 Å². The molecular weight excluding hydrogens is 509 g/mol. The number of carbonyl (C=O) groups excluding carboxylic acids is 1. The molecule has 4 rings (SSSR count). The number of amides is 1. The summed E-state index contributed by atoms with van der Waals surface area (Å²) in [6, 6.07) is 19.0. The molecule has 1 heterocycles. The molecule has 1 aromatic heterocycles. The first-order valence-corrected chi connectivity index (χ1v) is 13.1. The minimum Gasteiger partial charge on any atom is -0.493 e. The van der Waals surface area contributed by atoms with Gasteiger partial charge in [0.1, 0.15) is 16.2 Å². The quantitative estimate of drug-likeness (QED) is 0.276. The number of nitrogens with one attached hydrogen (secondary N) is 1. The van der Waals surface area contributed by atoms with Crippen LogP contribution in [0.3, 0.4) is 0 Å². The van der Waals surface area contributed by atoms with Gasteiger partial charge in [-0.3, -0.25) is 4.79 Å². The van der Waals surface area contributed by atoms with Gasteiger partial charge in [0.05, 0.1) is 11.6 Å². The van der Waals surface area contributed by atoms with Crippen LogP contribution in [-0.4, -0.2) is 20.9 Å². The first kappa shape index (κ1) is 25.1. The molecule has 0 fully saturated rings. The highest BCUT2D eigenvalue weighted by molar-refractivity contribution is 7.90. The van der Waals surface area contributed by atoms with Crippen LogP contribution in [0.1, 0.15) is 41.4 Å². The third-order valence-corrected chi connectivity index (χ3v) is 7.48. The van der Waals surface area contributed by atoms with Crippen molar-refractivity contribution in [1.82, 2.24) is 4.72 Å². The van der Waals surface area contributed by atoms with Gasteiger partial charge < -0.3 is 9.15 Å². The lowest BCUT2D eigenvalue weighted by Crippen LogP contribution is -2.30. The van der Waals surface area contributed by atoms with E-state index in [-0.39, 0.29) is 20.7 Å². The van der Waals surface area contributed by atoms with Crippen LogP contribution in [0.15, 0.2) is 76.0 Å². The molecule has 0 spiro atoms. The van der Waals surface area contributed by atoms with E-state index < -0.39 is 15.9 Å². The number of benzene rings is 3. The fraction of sp³-hybridized carbons (Fsp3) is 0.192. The third-order valence-electron chi connectivity index (χ3n) is 5.43. The zero-order valence-electron chi connectivity index (χ0n) is 19.0. The molecule has 1 amide bonds. The largest absolute Gasteiger partial charge is 0.493 e. The Balaban J connectivity index is 1.42. The number of furan rings is 1. The van der Waals surface area contributed by atoms with E-state index in [9.17, 15) is 13.2 Å². The first-order chi connectivity index (χ1) is 16.6. The van der Waals surface area contributed by atoms with Crippen LogP contribution in [0.2, 0.25) is 10.0 Å². The average molecular weight is 532 g/mol. The highest BCUT2D eigenvalue weighted by Crippen LogP contribution is 2.27. The summed E-state index contributed by atoms with van der Waals surface area (Å²) in [6.07, 6.45) is 0.743. The van der Waals surface area contributed by atoms with E-state index >= 15 is 0 Å². The van der Waals surface area contributed by atoms with E-state index in [1.54, 1.807) is 18.2 Å². The van der Waals surface area contributed by atoms with Crippen molar-refractivity contribution >= 4 is 50.1 Å². The van der Waals surface area contributed by atoms with E-state index in [4.69, 9.17) is 32.4 Å². The number of hydrogen-bond acceptors (Lipinski definition) is 5. The summed E-state index contributed by atoms with van der Waals surface area (Å²) in [5, 5.41) is 0.813. The minimum absolute atomic E-state index is 0.0972. The van der Waals surface area contributed by atoms with E-state index in [0.717, 1.165) is 6.42 Å². The van der Waals surface area contributed by atoms with E-state index in [1.807, 2.05) is 4.72 Å². The Hall–Kier alpha value is -3.00. The molecule has 182 valence electrons. The monoisotopic (exact) mass is 531 g/mol. The van der Waals surface area contributed by atoms with Crippen molar-refractivity contribution in [2.45, 2.75) is 31.1 Å². The van der Waals surface area contributed by atoms with Gasteiger partial charge in [-0.05, 0) is 53.4 Å². The number of hydrogen-bond donors (Lipinski definition) is 1. The van der Waals surface area contributed by atoms with E-state index in [2.05, 4.69) is 38.1 Å². The van der Waals surface area contributed by atoms with Gasteiger partial charge in [0.15, 0.2) is 5.76 Å². The number of sulfonamides is 1. The Morgan fingerprint density at radius 1 is 1.00 bits per heavy atom. The zero-order chi connectivity index (χ0) is 25.2. The molecule has 0 aliphatic carbocycles. The fourth-order valence-corrected chi connectivity index (χ4v) is 5.22. The standard InChI is InChI=1S/C26H23Cl2NO5S/c1-16(2)18-5-3-17(4-6-18)11-12-33-21-9-7-19-13-24(34-23(19)15-21)26(30)29-35(31,32)25-10-8-20(27)14-22(25)28/h3-10,13-16H,11-12H2,1-2H3,(H,29,30). The van der Waals surface area contributed by atoms with Crippen LogP contribution < -0.4 is 9.46 Å². The molecule has 0 bridgehead atoms. The number of rotatable bonds is 8. The maximum absolute atomic E-state index is 12.6. The molecule has 0 unspecified atom stereocenters. The maximum Gasteiger partial charge on any atom is 0.300 e. The smallest absolute Gasteiger partial charge is 0.300 e. The second kappa shape index (κ2) is 10.3. The van der Waals surface area contributed by atoms with Crippen LogP contribution in [0, 0.1) is 0 Å². The van der Waals surface area contributed by atoms with E-state index in [1.165, 1.54) is 35.4 Å². The Kier molecular flexibility index (Phi) is 7.40. The number of carbonyl (C=O) groups is 1. The van der Waals surface area contributed by atoms with Crippen LogP contribution in [0.4, 0.5) is 0 Å². The highest BCUT2D eigenvalue weighted by Gasteiger charge is 2.24. The summed E-state index contributed by atoms with van der Waals surface area (Å²) in [4.78, 5) is 12.3. The van der Waals surface area contributed by atoms with Crippen LogP contribution in [0.5, 0.6) is 5.75 Å². The minimum atomic E-state index is -4.22. The highest BCUT2D eigenvalue weighted by atomic mass is 35.5. The van der Waals surface area contributed by atoms with Gasteiger partial charge in [0, 0.05) is 22.9 Å². The number of fused-ring (bicyclic) bond motifs is 1. The average Bonchev–Trinajstić information content (AvgIpc) is 3.22. The molecular formula is C26H23Cl2NO5S. The van der Waals surface area contributed by atoms with Gasteiger partial charge in [-0.15, -0.1) is 0 Å². The van der Waals surface area contributed by atoms with Crippen molar-refractivity contribution in [3.63, 3.8) is 0 Å². The number of halogens is 2. The summed E-state index contributed by atoms with van der Waals surface area (Å²) < 4.78 is 38.6. The lowest BCUT2D eigenvalue weighted by atomic mass is 10.0.